The van der Waals surface area contributed by atoms with Crippen LogP contribution in [0.25, 0.3) is 10.2 Å². The second-order valence-electron chi connectivity index (χ2n) is 8.23. The van der Waals surface area contributed by atoms with Crippen LogP contribution in [0, 0.1) is 0 Å². The van der Waals surface area contributed by atoms with E-state index in [2.05, 4.69) is 25.3 Å². The van der Waals surface area contributed by atoms with Crippen molar-refractivity contribution in [3.63, 3.8) is 0 Å². The average Bonchev–Trinajstić information content (AvgIpc) is 3.12. The molecule has 0 unspecified atom stereocenters. The molecule has 0 bridgehead atoms. The molecule has 2 aromatic rings. The van der Waals surface area contributed by atoms with Crippen LogP contribution < -0.4 is 10.5 Å². The van der Waals surface area contributed by atoms with E-state index in [1.165, 1.54) is 16.9 Å². The molecule has 0 aromatic carbocycles. The minimum atomic E-state index is 0.0566. The van der Waals surface area contributed by atoms with Crippen LogP contribution in [0.5, 0.6) is 0 Å². The normalized spacial score (nSPS) is 16.9. The van der Waals surface area contributed by atoms with E-state index in [9.17, 15) is 9.59 Å². The van der Waals surface area contributed by atoms with Gasteiger partial charge in [0.05, 0.1) is 11.1 Å². The smallest absolute Gasteiger partial charge is 0.264 e. The summed E-state index contributed by atoms with van der Waals surface area (Å²) in [4.78, 5) is 37.1. The number of piperazine rings is 1. The van der Waals surface area contributed by atoms with Crippen LogP contribution in [-0.4, -0.2) is 57.5 Å². The summed E-state index contributed by atoms with van der Waals surface area (Å²) in [6.45, 7) is 11.2. The van der Waals surface area contributed by atoms with Crippen LogP contribution in [-0.2, 0) is 24.2 Å². The first kappa shape index (κ1) is 21.4. The summed E-state index contributed by atoms with van der Waals surface area (Å²) >= 11 is 3.37. The zero-order valence-electron chi connectivity index (χ0n) is 17.9. The van der Waals surface area contributed by atoms with Crippen molar-refractivity contribution in [1.29, 1.82) is 0 Å². The Balaban J connectivity index is 1.60. The number of nitrogens with zero attached hydrogens (tertiary/aromatic N) is 4. The number of hydrogen-bond donors (Lipinski definition) is 0. The van der Waals surface area contributed by atoms with Crippen molar-refractivity contribution < 1.29 is 4.79 Å². The number of thiophene rings is 1. The number of aromatic nitrogens is 2. The lowest BCUT2D eigenvalue weighted by Crippen LogP contribution is -2.50. The molecule has 0 spiro atoms. The number of rotatable bonds is 6. The summed E-state index contributed by atoms with van der Waals surface area (Å²) in [5.41, 5.74) is 1.28. The van der Waals surface area contributed by atoms with Crippen LogP contribution in [0.1, 0.15) is 37.1 Å². The van der Waals surface area contributed by atoms with E-state index >= 15 is 0 Å². The Kier molecular flexibility index (Phi) is 6.53. The second kappa shape index (κ2) is 9.14. The molecule has 2 aliphatic rings. The molecule has 0 atom stereocenters. The standard InChI is InChI=1S/C22H30N4O2S2/c1-4-9-26-21(28)19-16-7-5-6-8-17(16)30-20(19)23-22(26)25-12-10-24(11-13-25)18(27)14-29-15(2)3/h4,15H,1,5-14H2,2-3H3. The van der Waals surface area contributed by atoms with E-state index in [-0.39, 0.29) is 11.5 Å². The molecule has 0 radical (unpaired) electrons. The SMILES string of the molecule is C=CCn1c(N2CCN(C(=O)CSC(C)C)CC2)nc2sc3c(c2c1=O)CCCC3. The van der Waals surface area contributed by atoms with Gasteiger partial charge in [-0.05, 0) is 36.5 Å². The number of fused-ring (bicyclic) bond motifs is 3. The molecule has 6 nitrogen and oxygen atoms in total. The van der Waals surface area contributed by atoms with Crippen molar-refractivity contribution in [2.45, 2.75) is 51.3 Å². The summed E-state index contributed by atoms with van der Waals surface area (Å²) in [6, 6.07) is 0. The molecule has 1 amide bonds. The van der Waals surface area contributed by atoms with Crippen LogP contribution >= 0.6 is 23.1 Å². The molecule has 30 heavy (non-hydrogen) atoms. The predicted octanol–water partition coefficient (Wildman–Crippen LogP) is 3.31. The van der Waals surface area contributed by atoms with Crippen molar-refractivity contribution >= 4 is 45.2 Å². The molecule has 4 rings (SSSR count). The van der Waals surface area contributed by atoms with Gasteiger partial charge in [-0.1, -0.05) is 19.9 Å². The van der Waals surface area contributed by atoms with Crippen molar-refractivity contribution in [3.8, 4) is 0 Å². The summed E-state index contributed by atoms with van der Waals surface area (Å²) in [5, 5.41) is 1.27. The van der Waals surface area contributed by atoms with Crippen molar-refractivity contribution in [1.82, 2.24) is 14.5 Å². The maximum atomic E-state index is 13.4. The Labute approximate surface area is 186 Å². The fourth-order valence-corrected chi connectivity index (χ4v) is 6.15. The molecule has 1 aliphatic carbocycles. The summed E-state index contributed by atoms with van der Waals surface area (Å²) in [5.74, 6) is 1.45. The minimum absolute atomic E-state index is 0.0566. The lowest BCUT2D eigenvalue weighted by molar-refractivity contribution is -0.128. The first-order valence-corrected chi connectivity index (χ1v) is 12.7. The Morgan fingerprint density at radius 2 is 1.97 bits per heavy atom. The highest BCUT2D eigenvalue weighted by Crippen LogP contribution is 2.34. The number of anilines is 1. The molecule has 162 valence electrons. The van der Waals surface area contributed by atoms with E-state index in [4.69, 9.17) is 4.98 Å². The van der Waals surface area contributed by atoms with Gasteiger partial charge in [-0.2, -0.15) is 0 Å². The van der Waals surface area contributed by atoms with E-state index in [1.54, 1.807) is 33.7 Å². The van der Waals surface area contributed by atoms with Gasteiger partial charge >= 0.3 is 0 Å². The number of thioether (sulfide) groups is 1. The van der Waals surface area contributed by atoms with Crippen molar-refractivity contribution in [2.24, 2.45) is 0 Å². The van der Waals surface area contributed by atoms with Gasteiger partial charge < -0.3 is 9.80 Å². The molecule has 3 heterocycles. The number of aryl methyl sites for hydroxylation is 2. The van der Waals surface area contributed by atoms with Gasteiger partial charge in [-0.15, -0.1) is 29.7 Å². The van der Waals surface area contributed by atoms with Gasteiger partial charge in [-0.3, -0.25) is 14.2 Å². The topological polar surface area (TPSA) is 58.4 Å². The minimum Gasteiger partial charge on any atom is -0.339 e. The maximum Gasteiger partial charge on any atom is 0.264 e. The quantitative estimate of drug-likeness (QED) is 0.637. The Hall–Kier alpha value is -1.80. The highest BCUT2D eigenvalue weighted by atomic mass is 32.2. The average molecular weight is 447 g/mol. The number of hydrogen-bond acceptors (Lipinski definition) is 6. The lowest BCUT2D eigenvalue weighted by atomic mass is 9.97. The van der Waals surface area contributed by atoms with Crippen molar-refractivity contribution in [3.05, 3.63) is 33.4 Å². The van der Waals surface area contributed by atoms with Crippen LogP contribution in [0.4, 0.5) is 5.95 Å². The van der Waals surface area contributed by atoms with Gasteiger partial charge in [0.2, 0.25) is 11.9 Å². The van der Waals surface area contributed by atoms with Crippen LogP contribution in [0.2, 0.25) is 0 Å². The largest absolute Gasteiger partial charge is 0.339 e. The third-order valence-corrected chi connectivity index (χ3v) is 8.09. The zero-order valence-corrected chi connectivity index (χ0v) is 19.5. The van der Waals surface area contributed by atoms with E-state index in [1.807, 2.05) is 4.90 Å². The highest BCUT2D eigenvalue weighted by Gasteiger charge is 2.27. The van der Waals surface area contributed by atoms with Crippen LogP contribution in [0.15, 0.2) is 17.4 Å². The van der Waals surface area contributed by atoms with E-state index < -0.39 is 0 Å². The van der Waals surface area contributed by atoms with Crippen molar-refractivity contribution in [2.75, 3.05) is 36.8 Å². The predicted molar refractivity (Wildman–Crippen MR) is 127 cm³/mol. The molecule has 1 saturated heterocycles. The maximum absolute atomic E-state index is 13.4. The molecule has 2 aromatic heterocycles. The molecule has 0 N–H and O–H groups in total. The molecule has 0 saturated carbocycles. The molecule has 8 heteroatoms. The highest BCUT2D eigenvalue weighted by molar-refractivity contribution is 8.00. The first-order valence-electron chi connectivity index (χ1n) is 10.8. The van der Waals surface area contributed by atoms with Gasteiger partial charge in [0.15, 0.2) is 0 Å². The first-order chi connectivity index (χ1) is 14.5. The molecular formula is C22H30N4O2S2. The summed E-state index contributed by atoms with van der Waals surface area (Å²) in [7, 11) is 0. The number of amides is 1. The Morgan fingerprint density at radius 3 is 2.67 bits per heavy atom. The molecular weight excluding hydrogens is 416 g/mol. The number of allylic oxidation sites excluding steroid dienone is 1. The fraction of sp³-hybridized carbons (Fsp3) is 0.591. The van der Waals surface area contributed by atoms with Gasteiger partial charge in [-0.25, -0.2) is 4.98 Å². The third-order valence-electron chi connectivity index (χ3n) is 5.82. The second-order valence-corrected chi connectivity index (χ2v) is 10.9. The van der Waals surface area contributed by atoms with E-state index in [0.717, 1.165) is 35.4 Å². The third kappa shape index (κ3) is 4.17. The van der Waals surface area contributed by atoms with Gasteiger partial charge in [0.25, 0.3) is 5.56 Å². The van der Waals surface area contributed by atoms with Crippen LogP contribution in [0.3, 0.4) is 0 Å². The Morgan fingerprint density at radius 1 is 1.23 bits per heavy atom. The molecule has 1 aliphatic heterocycles. The van der Waals surface area contributed by atoms with Gasteiger partial charge in [0, 0.05) is 37.6 Å². The molecule has 1 fully saturated rings. The number of carbonyl (C=O) groups is 1. The monoisotopic (exact) mass is 446 g/mol. The van der Waals surface area contributed by atoms with Gasteiger partial charge in [0.1, 0.15) is 4.83 Å². The lowest BCUT2D eigenvalue weighted by Gasteiger charge is -2.36. The fourth-order valence-electron chi connectivity index (χ4n) is 4.25. The number of carbonyl (C=O) groups excluding carboxylic acids is 1. The summed E-state index contributed by atoms with van der Waals surface area (Å²) in [6.07, 6.45) is 6.14. The zero-order chi connectivity index (χ0) is 21.3. The Bertz CT molecular complexity index is 1000. The van der Waals surface area contributed by atoms with E-state index in [0.29, 0.717) is 43.7 Å². The summed E-state index contributed by atoms with van der Waals surface area (Å²) < 4.78 is 1.77.